The van der Waals surface area contributed by atoms with Crippen molar-refractivity contribution in [2.45, 2.75) is 44.7 Å². The molecule has 244 valence electrons. The van der Waals surface area contributed by atoms with E-state index >= 15 is 0 Å². The van der Waals surface area contributed by atoms with Crippen LogP contribution in [-0.2, 0) is 21.8 Å². The minimum Gasteiger partial charge on any atom is -0.491 e. The average Bonchev–Trinajstić information content (AvgIpc) is 3.89. The van der Waals surface area contributed by atoms with Gasteiger partial charge in [-0.25, -0.2) is 14.0 Å². The van der Waals surface area contributed by atoms with Crippen LogP contribution >= 0.6 is 0 Å². The Labute approximate surface area is 272 Å². The van der Waals surface area contributed by atoms with Gasteiger partial charge in [-0.15, -0.1) is 0 Å². The second-order valence-corrected chi connectivity index (χ2v) is 11.9. The molecule has 3 atom stereocenters. The van der Waals surface area contributed by atoms with E-state index in [1.807, 2.05) is 43.3 Å². The van der Waals surface area contributed by atoms with Crippen LogP contribution in [0.25, 0.3) is 5.69 Å². The van der Waals surface area contributed by atoms with Gasteiger partial charge in [-0.2, -0.15) is 20.1 Å². The van der Waals surface area contributed by atoms with Gasteiger partial charge in [-0.1, -0.05) is 13.0 Å². The summed E-state index contributed by atoms with van der Waals surface area (Å²) in [4.78, 5) is 23.4. The van der Waals surface area contributed by atoms with Crippen molar-refractivity contribution in [1.82, 2.24) is 34.3 Å². The first-order chi connectivity index (χ1) is 23.0. The van der Waals surface area contributed by atoms with E-state index in [4.69, 9.17) is 14.2 Å². The summed E-state index contributed by atoms with van der Waals surface area (Å²) >= 11 is 0. The number of rotatable bonds is 11. The van der Waals surface area contributed by atoms with E-state index in [1.54, 1.807) is 45.2 Å². The summed E-state index contributed by atoms with van der Waals surface area (Å²) in [5, 5.41) is 12.8. The highest BCUT2D eigenvalue weighted by molar-refractivity contribution is 5.54. The molecule has 5 aromatic rings. The predicted octanol–water partition coefficient (Wildman–Crippen LogP) is 3.67. The van der Waals surface area contributed by atoms with E-state index in [0.717, 1.165) is 61.0 Å². The van der Waals surface area contributed by atoms with Crippen molar-refractivity contribution >= 4 is 11.4 Å². The van der Waals surface area contributed by atoms with Crippen molar-refractivity contribution in [2.24, 2.45) is 0 Å². The van der Waals surface area contributed by atoms with Crippen LogP contribution in [-0.4, -0.2) is 79.8 Å². The smallest absolute Gasteiger partial charge is 0.350 e. The number of anilines is 2. The quantitative estimate of drug-likeness (QED) is 0.212. The minimum atomic E-state index is -1.04. The highest BCUT2D eigenvalue weighted by Crippen LogP contribution is 2.36. The predicted molar refractivity (Wildman–Crippen MR) is 176 cm³/mol. The van der Waals surface area contributed by atoms with Gasteiger partial charge in [0, 0.05) is 55.5 Å². The molecule has 0 aliphatic carbocycles. The van der Waals surface area contributed by atoms with Crippen LogP contribution in [0.15, 0.2) is 96.6 Å². The SMILES string of the molecule is CCC(C)n1ncn(-c2ccc(N3CCN(c4ccc(OCC5COC(Cn6nccn6)(c6cccnc6)O5)cc4)CC3)cc2)c1=O. The molecule has 2 aliphatic rings. The molecule has 47 heavy (non-hydrogen) atoms. The third kappa shape index (κ3) is 6.49. The lowest BCUT2D eigenvalue weighted by atomic mass is 10.1. The summed E-state index contributed by atoms with van der Waals surface area (Å²) in [6.07, 6.45) is 8.92. The fourth-order valence-electron chi connectivity index (χ4n) is 6.03. The molecule has 0 radical (unpaired) electrons. The summed E-state index contributed by atoms with van der Waals surface area (Å²) in [5.41, 5.74) is 3.82. The molecule has 7 rings (SSSR count). The summed E-state index contributed by atoms with van der Waals surface area (Å²) in [6, 6.07) is 20.2. The zero-order chi connectivity index (χ0) is 32.2. The van der Waals surface area contributed by atoms with E-state index in [2.05, 4.69) is 61.3 Å². The molecule has 0 amide bonds. The Morgan fingerprint density at radius 1 is 0.894 bits per heavy atom. The Balaban J connectivity index is 0.913. The molecule has 13 heteroatoms. The Kier molecular flexibility index (Phi) is 8.72. The van der Waals surface area contributed by atoms with E-state index in [0.29, 0.717) is 19.8 Å². The zero-order valence-corrected chi connectivity index (χ0v) is 26.6. The molecule has 0 bridgehead atoms. The van der Waals surface area contributed by atoms with Gasteiger partial charge in [0.2, 0.25) is 5.79 Å². The van der Waals surface area contributed by atoms with Crippen LogP contribution in [0.4, 0.5) is 11.4 Å². The van der Waals surface area contributed by atoms with Crippen LogP contribution in [0.5, 0.6) is 5.75 Å². The molecular weight excluding hydrogens is 598 g/mol. The molecule has 3 aromatic heterocycles. The van der Waals surface area contributed by atoms with Crippen molar-refractivity contribution < 1.29 is 14.2 Å². The van der Waals surface area contributed by atoms with Crippen molar-refractivity contribution in [2.75, 3.05) is 49.2 Å². The highest BCUT2D eigenvalue weighted by atomic mass is 16.8. The average molecular weight is 638 g/mol. The largest absolute Gasteiger partial charge is 0.491 e. The van der Waals surface area contributed by atoms with Gasteiger partial charge in [0.1, 0.15) is 31.3 Å². The van der Waals surface area contributed by atoms with Gasteiger partial charge in [-0.05, 0) is 67.9 Å². The monoisotopic (exact) mass is 637 g/mol. The van der Waals surface area contributed by atoms with E-state index in [9.17, 15) is 4.79 Å². The van der Waals surface area contributed by atoms with Crippen molar-refractivity contribution in [1.29, 1.82) is 0 Å². The van der Waals surface area contributed by atoms with Crippen molar-refractivity contribution in [3.63, 3.8) is 0 Å². The summed E-state index contributed by atoms with van der Waals surface area (Å²) in [7, 11) is 0. The van der Waals surface area contributed by atoms with E-state index in [1.165, 1.54) is 0 Å². The number of aromatic nitrogens is 7. The fraction of sp³-hybridized carbons (Fsp3) is 0.382. The Morgan fingerprint density at radius 2 is 1.55 bits per heavy atom. The van der Waals surface area contributed by atoms with Crippen LogP contribution in [0.2, 0.25) is 0 Å². The van der Waals surface area contributed by atoms with Gasteiger partial charge in [0.25, 0.3) is 0 Å². The first-order valence-corrected chi connectivity index (χ1v) is 16.1. The van der Waals surface area contributed by atoms with Crippen molar-refractivity contribution in [3.8, 4) is 11.4 Å². The number of ether oxygens (including phenoxy) is 3. The number of nitrogens with zero attached hydrogens (tertiary/aromatic N) is 9. The first-order valence-electron chi connectivity index (χ1n) is 16.1. The van der Waals surface area contributed by atoms with Crippen LogP contribution in [0.1, 0.15) is 31.9 Å². The molecule has 3 unspecified atom stereocenters. The molecule has 5 heterocycles. The van der Waals surface area contributed by atoms with Crippen LogP contribution < -0.4 is 20.2 Å². The summed E-state index contributed by atoms with van der Waals surface area (Å²) in [5.74, 6) is -0.260. The Bertz CT molecular complexity index is 1780. The Morgan fingerprint density at radius 3 is 2.19 bits per heavy atom. The molecule has 13 nitrogen and oxygen atoms in total. The normalized spacial score (nSPS) is 20.4. The third-order valence-electron chi connectivity index (χ3n) is 8.89. The first kappa shape index (κ1) is 30.6. The number of benzene rings is 2. The molecule has 0 saturated carbocycles. The van der Waals surface area contributed by atoms with Gasteiger partial charge in [0.15, 0.2) is 0 Å². The van der Waals surface area contributed by atoms with E-state index < -0.39 is 5.79 Å². The summed E-state index contributed by atoms with van der Waals surface area (Å²) < 4.78 is 21.9. The number of piperazine rings is 1. The standard InChI is InChI=1S/C34H39N9O4/c1-3-26(2)43-33(44)41(25-38-43)30-8-6-28(7-9-30)39-17-19-40(20-18-39)29-10-12-31(13-11-29)45-22-32-23-46-34(47-32,24-42-36-15-16-37-42)27-5-4-14-35-21-27/h4-16,21,25-26,32H,3,17-20,22-24H2,1-2H3. The lowest BCUT2D eigenvalue weighted by Crippen LogP contribution is -2.46. The van der Waals surface area contributed by atoms with E-state index in [-0.39, 0.29) is 17.8 Å². The maximum atomic E-state index is 12.8. The third-order valence-corrected chi connectivity index (χ3v) is 8.89. The molecular formula is C34H39N9O4. The second-order valence-electron chi connectivity index (χ2n) is 11.9. The number of hydrogen-bond donors (Lipinski definition) is 0. The molecule has 2 saturated heterocycles. The zero-order valence-electron chi connectivity index (χ0n) is 26.6. The number of hydrogen-bond acceptors (Lipinski definition) is 10. The van der Waals surface area contributed by atoms with Crippen LogP contribution in [0.3, 0.4) is 0 Å². The maximum Gasteiger partial charge on any atom is 0.350 e. The van der Waals surface area contributed by atoms with Gasteiger partial charge >= 0.3 is 5.69 Å². The van der Waals surface area contributed by atoms with Crippen LogP contribution in [0, 0.1) is 0 Å². The highest BCUT2D eigenvalue weighted by Gasteiger charge is 2.45. The molecule has 2 aromatic carbocycles. The lowest BCUT2D eigenvalue weighted by Gasteiger charge is -2.37. The molecule has 0 N–H and O–H groups in total. The molecule has 0 spiro atoms. The minimum absolute atomic E-state index is 0.0704. The number of pyridine rings is 1. The second kappa shape index (κ2) is 13.4. The van der Waals surface area contributed by atoms with Gasteiger partial charge in [0.05, 0.1) is 30.7 Å². The Hall–Kier alpha value is -5.01. The van der Waals surface area contributed by atoms with Crippen molar-refractivity contribution in [3.05, 3.63) is 108 Å². The maximum absolute atomic E-state index is 12.8. The fourth-order valence-corrected chi connectivity index (χ4v) is 6.03. The summed E-state index contributed by atoms with van der Waals surface area (Å²) in [6.45, 7) is 8.68. The lowest BCUT2D eigenvalue weighted by molar-refractivity contribution is -0.192. The molecule has 2 aliphatic heterocycles. The van der Waals surface area contributed by atoms with Gasteiger partial charge in [-0.3, -0.25) is 4.98 Å². The van der Waals surface area contributed by atoms with Gasteiger partial charge < -0.3 is 24.0 Å². The topological polar surface area (TPSA) is 118 Å². The molecule has 2 fully saturated rings.